The highest BCUT2D eigenvalue weighted by molar-refractivity contribution is 6.01. The Morgan fingerprint density at radius 1 is 0.771 bits per heavy atom. The maximum atomic E-state index is 13.1. The lowest BCUT2D eigenvalue weighted by Crippen LogP contribution is -2.37. The minimum absolute atomic E-state index is 0.0730. The van der Waals surface area contributed by atoms with Gasteiger partial charge in [-0.2, -0.15) is 0 Å². The second-order valence-electron chi connectivity index (χ2n) is 8.37. The minimum Gasteiger partial charge on any atom is -0.457 e. The van der Waals surface area contributed by atoms with Crippen molar-refractivity contribution in [1.82, 2.24) is 5.32 Å². The van der Waals surface area contributed by atoms with Gasteiger partial charge in [0, 0.05) is 30.9 Å². The Morgan fingerprint density at radius 2 is 1.43 bits per heavy atom. The zero-order chi connectivity index (χ0) is 24.7. The number of ether oxygens (including phenoxy) is 1. The second-order valence-corrected chi connectivity index (χ2v) is 8.37. The number of benzene rings is 3. The van der Waals surface area contributed by atoms with Crippen LogP contribution in [0.4, 0.5) is 16.2 Å². The molecular formula is C29H35N3O3. The van der Waals surface area contributed by atoms with E-state index in [1.807, 2.05) is 84.9 Å². The number of urea groups is 1. The first-order valence-electron chi connectivity index (χ1n) is 12.4. The number of nitrogens with zero attached hydrogens (tertiary/aromatic N) is 1. The van der Waals surface area contributed by atoms with Crippen LogP contribution in [0.15, 0.2) is 84.9 Å². The largest absolute Gasteiger partial charge is 0.457 e. The molecule has 3 amide bonds. The third-order valence-corrected chi connectivity index (χ3v) is 5.54. The molecule has 6 heteroatoms. The monoisotopic (exact) mass is 473 g/mol. The van der Waals surface area contributed by atoms with Crippen LogP contribution >= 0.6 is 0 Å². The molecule has 6 nitrogen and oxygen atoms in total. The van der Waals surface area contributed by atoms with Gasteiger partial charge in [-0.25, -0.2) is 4.79 Å². The fourth-order valence-electron chi connectivity index (χ4n) is 3.64. The van der Waals surface area contributed by atoms with E-state index in [1.54, 1.807) is 4.90 Å². The van der Waals surface area contributed by atoms with Crippen molar-refractivity contribution in [2.75, 3.05) is 23.3 Å². The number of hydrogen-bond donors (Lipinski definition) is 2. The van der Waals surface area contributed by atoms with Crippen LogP contribution in [0.3, 0.4) is 0 Å². The van der Waals surface area contributed by atoms with Gasteiger partial charge >= 0.3 is 6.03 Å². The third kappa shape index (κ3) is 9.16. The van der Waals surface area contributed by atoms with Crippen LogP contribution < -0.4 is 20.3 Å². The summed E-state index contributed by atoms with van der Waals surface area (Å²) >= 11 is 0. The van der Waals surface area contributed by atoms with Crippen molar-refractivity contribution >= 4 is 23.3 Å². The van der Waals surface area contributed by atoms with Gasteiger partial charge in [-0.3, -0.25) is 9.69 Å². The molecule has 0 saturated carbocycles. The highest BCUT2D eigenvalue weighted by atomic mass is 16.5. The number of carbonyl (C=O) groups excluding carboxylic acids is 2. The Labute approximate surface area is 208 Å². The Morgan fingerprint density at radius 3 is 2.11 bits per heavy atom. The van der Waals surface area contributed by atoms with Crippen molar-refractivity contribution in [3.63, 3.8) is 0 Å². The molecule has 3 aromatic carbocycles. The van der Waals surface area contributed by atoms with Gasteiger partial charge in [0.25, 0.3) is 0 Å². The third-order valence-electron chi connectivity index (χ3n) is 5.54. The molecule has 184 valence electrons. The molecule has 0 atom stereocenters. The van der Waals surface area contributed by atoms with Crippen LogP contribution in [0.1, 0.15) is 45.4 Å². The zero-order valence-corrected chi connectivity index (χ0v) is 20.4. The predicted molar refractivity (Wildman–Crippen MR) is 142 cm³/mol. The first-order valence-corrected chi connectivity index (χ1v) is 12.4. The van der Waals surface area contributed by atoms with E-state index in [2.05, 4.69) is 17.6 Å². The Kier molecular flexibility index (Phi) is 10.7. The van der Waals surface area contributed by atoms with E-state index in [1.165, 1.54) is 0 Å². The van der Waals surface area contributed by atoms with Gasteiger partial charge in [0.15, 0.2) is 0 Å². The van der Waals surface area contributed by atoms with E-state index < -0.39 is 0 Å². The summed E-state index contributed by atoms with van der Waals surface area (Å²) < 4.78 is 5.87. The molecule has 0 aliphatic carbocycles. The van der Waals surface area contributed by atoms with E-state index in [9.17, 15) is 9.59 Å². The molecule has 3 rings (SSSR count). The molecule has 2 N–H and O–H groups in total. The highest BCUT2D eigenvalue weighted by Gasteiger charge is 2.16. The number of unbranched alkanes of at least 4 members (excludes halogenated alkanes) is 3. The second kappa shape index (κ2) is 14.5. The summed E-state index contributed by atoms with van der Waals surface area (Å²) in [6.45, 7) is 3.15. The summed E-state index contributed by atoms with van der Waals surface area (Å²) in [6.07, 6.45) is 5.52. The number of amides is 3. The zero-order valence-electron chi connectivity index (χ0n) is 20.4. The number of anilines is 2. The molecule has 0 heterocycles. The van der Waals surface area contributed by atoms with Crippen molar-refractivity contribution in [3.05, 3.63) is 84.9 Å². The summed E-state index contributed by atoms with van der Waals surface area (Å²) in [6, 6.07) is 26.2. The number of carbonyl (C=O) groups is 2. The molecule has 3 aromatic rings. The van der Waals surface area contributed by atoms with Crippen LogP contribution in [0.2, 0.25) is 0 Å². The maximum absolute atomic E-state index is 13.1. The van der Waals surface area contributed by atoms with E-state index >= 15 is 0 Å². The fourth-order valence-corrected chi connectivity index (χ4v) is 3.64. The summed E-state index contributed by atoms with van der Waals surface area (Å²) in [5, 5.41) is 5.93. The average molecular weight is 474 g/mol. The van der Waals surface area contributed by atoms with Gasteiger partial charge in [0.1, 0.15) is 11.5 Å². The Bertz CT molecular complexity index is 1020. The molecule has 0 aliphatic rings. The molecular weight excluding hydrogens is 438 g/mol. The van der Waals surface area contributed by atoms with E-state index in [0.29, 0.717) is 31.7 Å². The molecule has 35 heavy (non-hydrogen) atoms. The maximum Gasteiger partial charge on any atom is 0.326 e. The standard InChI is InChI=1S/C29H35N3O3/c1-2-3-4-11-17-28(33)30-22-12-23-32(29(34)31-24-13-7-5-8-14-24)25-18-20-27(21-19-25)35-26-15-9-6-10-16-26/h5-10,13-16,18-21H,2-4,11-12,17,22-23H2,1H3,(H,30,33)(H,31,34). The van der Waals surface area contributed by atoms with Crippen LogP contribution in [0.25, 0.3) is 0 Å². The average Bonchev–Trinajstić information content (AvgIpc) is 2.88. The molecule has 0 bridgehead atoms. The number of hydrogen-bond acceptors (Lipinski definition) is 3. The van der Waals surface area contributed by atoms with E-state index in [0.717, 1.165) is 42.8 Å². The Hall–Kier alpha value is -3.80. The molecule has 0 unspecified atom stereocenters. The summed E-state index contributed by atoms with van der Waals surface area (Å²) in [4.78, 5) is 26.9. The number of nitrogens with one attached hydrogen (secondary N) is 2. The predicted octanol–water partition coefficient (Wildman–Crippen LogP) is 6.99. The van der Waals surface area contributed by atoms with Crippen molar-refractivity contribution in [1.29, 1.82) is 0 Å². The van der Waals surface area contributed by atoms with Crippen molar-refractivity contribution in [3.8, 4) is 11.5 Å². The highest BCUT2D eigenvalue weighted by Crippen LogP contribution is 2.25. The molecule has 0 aliphatic heterocycles. The van der Waals surface area contributed by atoms with Gasteiger partial charge in [-0.05, 0) is 61.4 Å². The molecule has 0 radical (unpaired) electrons. The first-order chi connectivity index (χ1) is 17.2. The van der Waals surface area contributed by atoms with Gasteiger partial charge in [-0.1, -0.05) is 62.6 Å². The lowest BCUT2D eigenvalue weighted by atomic mass is 10.1. The normalized spacial score (nSPS) is 10.4. The first kappa shape index (κ1) is 25.8. The smallest absolute Gasteiger partial charge is 0.326 e. The van der Waals surface area contributed by atoms with Crippen molar-refractivity contribution in [2.45, 2.75) is 45.4 Å². The molecule has 0 spiro atoms. The minimum atomic E-state index is -0.223. The summed E-state index contributed by atoms with van der Waals surface area (Å²) in [5.41, 5.74) is 1.48. The number of para-hydroxylation sites is 2. The lowest BCUT2D eigenvalue weighted by Gasteiger charge is -2.24. The molecule has 0 aromatic heterocycles. The van der Waals surface area contributed by atoms with Crippen LogP contribution in [-0.2, 0) is 4.79 Å². The molecule has 0 saturated heterocycles. The number of rotatable bonds is 13. The van der Waals surface area contributed by atoms with E-state index in [-0.39, 0.29) is 11.9 Å². The van der Waals surface area contributed by atoms with Crippen LogP contribution in [-0.4, -0.2) is 25.0 Å². The van der Waals surface area contributed by atoms with Crippen LogP contribution in [0, 0.1) is 0 Å². The summed E-state index contributed by atoms with van der Waals surface area (Å²) in [7, 11) is 0. The van der Waals surface area contributed by atoms with Gasteiger partial charge < -0.3 is 15.4 Å². The quantitative estimate of drug-likeness (QED) is 0.263. The Balaban J connectivity index is 1.59. The van der Waals surface area contributed by atoms with Crippen LogP contribution in [0.5, 0.6) is 11.5 Å². The van der Waals surface area contributed by atoms with Crippen molar-refractivity contribution < 1.29 is 14.3 Å². The van der Waals surface area contributed by atoms with Gasteiger partial charge in [0.05, 0.1) is 0 Å². The summed E-state index contributed by atoms with van der Waals surface area (Å²) in [5.74, 6) is 1.52. The van der Waals surface area contributed by atoms with Gasteiger partial charge in [-0.15, -0.1) is 0 Å². The van der Waals surface area contributed by atoms with E-state index in [4.69, 9.17) is 4.74 Å². The fraction of sp³-hybridized carbons (Fsp3) is 0.310. The molecule has 0 fully saturated rings. The topological polar surface area (TPSA) is 70.7 Å². The van der Waals surface area contributed by atoms with Gasteiger partial charge in [0.2, 0.25) is 5.91 Å². The van der Waals surface area contributed by atoms with Crippen molar-refractivity contribution in [2.24, 2.45) is 0 Å². The SMILES string of the molecule is CCCCCCC(=O)NCCCN(C(=O)Nc1ccccc1)c1ccc(Oc2ccccc2)cc1. The lowest BCUT2D eigenvalue weighted by molar-refractivity contribution is -0.121.